The largest absolute Gasteiger partial charge is 0.379 e. The first kappa shape index (κ1) is 32.7. The van der Waals surface area contributed by atoms with E-state index in [1.54, 1.807) is 0 Å². The summed E-state index contributed by atoms with van der Waals surface area (Å²) < 4.78 is 16.4. The summed E-state index contributed by atoms with van der Waals surface area (Å²) in [6, 6.07) is 0.548. The molecule has 0 saturated heterocycles. The predicted molar refractivity (Wildman–Crippen MR) is 137 cm³/mol. The van der Waals surface area contributed by atoms with Gasteiger partial charge in [-0.15, -0.1) is 0 Å². The average Bonchev–Trinajstić information content (AvgIpc) is 2.81. The molecule has 2 amide bonds. The zero-order valence-corrected chi connectivity index (χ0v) is 22.3. The molecule has 0 spiro atoms. The Morgan fingerprint density at radius 2 is 1.21 bits per heavy atom. The fraction of sp³-hybridized carbons (Fsp3) is 0.920. The van der Waals surface area contributed by atoms with E-state index in [1.807, 2.05) is 0 Å². The monoisotopic (exact) mass is 488 g/mol. The summed E-state index contributed by atoms with van der Waals surface area (Å²) in [4.78, 5) is 26.0. The molecule has 0 saturated carbocycles. The smallest absolute Gasteiger partial charge is 0.220 e. The lowest BCUT2D eigenvalue weighted by Gasteiger charge is -2.20. The maximum absolute atomic E-state index is 11.9. The predicted octanol–water partition coefficient (Wildman–Crippen LogP) is 1.95. The Kier molecular flexibility index (Phi) is 23.9. The van der Waals surface area contributed by atoms with E-state index in [9.17, 15) is 9.59 Å². The van der Waals surface area contributed by atoms with Gasteiger partial charge in [-0.2, -0.15) is 0 Å². The van der Waals surface area contributed by atoms with E-state index >= 15 is 0 Å². The molecule has 0 rings (SSSR count). The molecule has 0 unspecified atom stereocenters. The number of unbranched alkanes of at least 4 members (excludes halogenated alkanes) is 1. The number of carbonyl (C=O) groups is 2. The minimum absolute atomic E-state index is 0.0154. The fourth-order valence-electron chi connectivity index (χ4n) is 2.98. The third-order valence-electron chi connectivity index (χ3n) is 5.37. The highest BCUT2D eigenvalue weighted by atomic mass is 16.5. The van der Waals surface area contributed by atoms with Crippen molar-refractivity contribution >= 4 is 11.8 Å². The highest BCUT2D eigenvalue weighted by molar-refractivity contribution is 5.78. The van der Waals surface area contributed by atoms with Crippen molar-refractivity contribution < 1.29 is 23.8 Å². The van der Waals surface area contributed by atoms with Gasteiger partial charge in [-0.3, -0.25) is 9.59 Å². The van der Waals surface area contributed by atoms with E-state index in [1.165, 1.54) is 0 Å². The molecule has 0 aliphatic carbocycles. The number of hydrogen-bond donors (Lipinski definition) is 3. The van der Waals surface area contributed by atoms with Crippen molar-refractivity contribution in [1.82, 2.24) is 20.9 Å². The molecule has 0 heterocycles. The number of amides is 2. The van der Waals surface area contributed by atoms with Crippen LogP contribution in [-0.4, -0.2) is 102 Å². The van der Waals surface area contributed by atoms with Gasteiger partial charge in [0, 0.05) is 45.2 Å². The number of rotatable bonds is 25. The van der Waals surface area contributed by atoms with Crippen LogP contribution in [0.4, 0.5) is 0 Å². The van der Waals surface area contributed by atoms with Crippen LogP contribution in [0.15, 0.2) is 0 Å². The van der Waals surface area contributed by atoms with Gasteiger partial charge in [0.25, 0.3) is 0 Å². The Morgan fingerprint density at radius 1 is 0.706 bits per heavy atom. The molecule has 0 bridgehead atoms. The van der Waals surface area contributed by atoms with Crippen LogP contribution in [0.2, 0.25) is 0 Å². The van der Waals surface area contributed by atoms with Gasteiger partial charge in [0.05, 0.1) is 26.4 Å². The van der Waals surface area contributed by atoms with Crippen LogP contribution < -0.4 is 16.0 Å². The molecule has 9 heteroatoms. The first-order valence-corrected chi connectivity index (χ1v) is 13.1. The molecular formula is C25H52N4O5. The molecule has 0 fully saturated rings. The van der Waals surface area contributed by atoms with Crippen molar-refractivity contribution in [3.05, 3.63) is 0 Å². The Morgan fingerprint density at radius 3 is 1.74 bits per heavy atom. The van der Waals surface area contributed by atoms with Crippen LogP contribution in [0, 0.1) is 0 Å². The number of nitrogens with zero attached hydrogens (tertiary/aromatic N) is 1. The van der Waals surface area contributed by atoms with Crippen LogP contribution in [0.5, 0.6) is 0 Å². The van der Waals surface area contributed by atoms with Crippen molar-refractivity contribution in [2.75, 3.05) is 79.4 Å². The summed E-state index contributed by atoms with van der Waals surface area (Å²) in [5.74, 6) is 0.00907. The average molecular weight is 489 g/mol. The number of carbonyl (C=O) groups excluding carboxylic acids is 2. The summed E-state index contributed by atoms with van der Waals surface area (Å²) >= 11 is 0. The zero-order valence-electron chi connectivity index (χ0n) is 22.3. The summed E-state index contributed by atoms with van der Waals surface area (Å²) in [6.07, 6.45) is 5.15. The normalized spacial score (nSPS) is 11.4. The van der Waals surface area contributed by atoms with Crippen molar-refractivity contribution in [3.8, 4) is 0 Å². The Bertz CT molecular complexity index is 480. The molecule has 3 N–H and O–H groups in total. The Hall–Kier alpha value is -1.26. The molecule has 0 aliphatic rings. The molecule has 34 heavy (non-hydrogen) atoms. The Labute approximate surface area is 208 Å². The number of nitrogens with one attached hydrogen (secondary N) is 3. The molecule has 202 valence electrons. The van der Waals surface area contributed by atoms with Crippen LogP contribution in [0.1, 0.15) is 65.7 Å². The van der Waals surface area contributed by atoms with E-state index in [4.69, 9.17) is 14.2 Å². The van der Waals surface area contributed by atoms with Gasteiger partial charge in [0.1, 0.15) is 0 Å². The minimum Gasteiger partial charge on any atom is -0.379 e. The molecule has 0 aliphatic heterocycles. The maximum Gasteiger partial charge on any atom is 0.220 e. The molecule has 0 aromatic heterocycles. The lowest BCUT2D eigenvalue weighted by molar-refractivity contribution is -0.122. The van der Waals surface area contributed by atoms with Gasteiger partial charge in [0.15, 0.2) is 0 Å². The number of ether oxygens (including phenoxy) is 3. The third-order valence-corrected chi connectivity index (χ3v) is 5.37. The minimum atomic E-state index is -0.0154. The highest BCUT2D eigenvalue weighted by Crippen LogP contribution is 1.99. The highest BCUT2D eigenvalue weighted by Gasteiger charge is 2.06. The van der Waals surface area contributed by atoms with E-state index < -0.39 is 0 Å². The summed E-state index contributed by atoms with van der Waals surface area (Å²) in [6.45, 7) is 14.4. The van der Waals surface area contributed by atoms with E-state index in [0.717, 1.165) is 51.9 Å². The topological polar surface area (TPSA) is 101 Å². The van der Waals surface area contributed by atoms with Crippen LogP contribution in [0.3, 0.4) is 0 Å². The molecule has 0 radical (unpaired) electrons. The van der Waals surface area contributed by atoms with E-state index in [-0.39, 0.29) is 11.8 Å². The van der Waals surface area contributed by atoms with E-state index in [2.05, 4.69) is 48.7 Å². The van der Waals surface area contributed by atoms with Gasteiger partial charge >= 0.3 is 0 Å². The summed E-state index contributed by atoms with van der Waals surface area (Å²) in [5.41, 5.74) is 0. The fourth-order valence-corrected chi connectivity index (χ4v) is 2.98. The van der Waals surface area contributed by atoms with Crippen molar-refractivity contribution in [2.24, 2.45) is 0 Å². The van der Waals surface area contributed by atoms with Crippen LogP contribution in [0.25, 0.3) is 0 Å². The second-order valence-corrected chi connectivity index (χ2v) is 8.73. The van der Waals surface area contributed by atoms with Gasteiger partial charge in [-0.05, 0) is 72.6 Å². The first-order valence-electron chi connectivity index (χ1n) is 13.1. The van der Waals surface area contributed by atoms with Gasteiger partial charge in [0.2, 0.25) is 11.8 Å². The lowest BCUT2D eigenvalue weighted by Crippen LogP contribution is -2.29. The molecular weight excluding hydrogens is 436 g/mol. The van der Waals surface area contributed by atoms with E-state index in [0.29, 0.717) is 71.4 Å². The van der Waals surface area contributed by atoms with Gasteiger partial charge < -0.3 is 35.1 Å². The first-order chi connectivity index (χ1) is 16.5. The van der Waals surface area contributed by atoms with Crippen LogP contribution >= 0.6 is 0 Å². The molecule has 9 nitrogen and oxygen atoms in total. The standard InChI is InChI=1S/C25H52N4O5/c1-5-26-13-9-17-32-19-21-34-22-20-33-18-10-15-28-25(31)12-8-11-24(30)27-14-6-7-16-29(4)23(2)3/h23,26H,5-22H2,1-4H3,(H,27,30)(H,28,31). The van der Waals surface area contributed by atoms with Gasteiger partial charge in [-0.25, -0.2) is 0 Å². The number of hydrogen-bond acceptors (Lipinski definition) is 7. The molecule has 0 aromatic carbocycles. The zero-order chi connectivity index (χ0) is 25.3. The third kappa shape index (κ3) is 23.9. The quantitative estimate of drug-likeness (QED) is 0.169. The summed E-state index contributed by atoms with van der Waals surface area (Å²) in [5, 5.41) is 9.06. The SMILES string of the molecule is CCNCCCOCCOCCOCCCNC(=O)CCCC(=O)NCCCCN(C)C(C)C. The van der Waals surface area contributed by atoms with Crippen LogP contribution in [-0.2, 0) is 23.8 Å². The lowest BCUT2D eigenvalue weighted by atomic mass is 10.2. The van der Waals surface area contributed by atoms with Crippen molar-refractivity contribution in [3.63, 3.8) is 0 Å². The second kappa shape index (κ2) is 24.9. The Balaban J connectivity index is 3.32. The molecule has 0 atom stereocenters. The summed E-state index contributed by atoms with van der Waals surface area (Å²) in [7, 11) is 2.12. The van der Waals surface area contributed by atoms with Crippen molar-refractivity contribution in [2.45, 2.75) is 71.8 Å². The molecule has 0 aromatic rings. The van der Waals surface area contributed by atoms with Gasteiger partial charge in [-0.1, -0.05) is 6.92 Å². The maximum atomic E-state index is 11.9. The second-order valence-electron chi connectivity index (χ2n) is 8.73. The van der Waals surface area contributed by atoms with Crippen molar-refractivity contribution in [1.29, 1.82) is 0 Å².